The van der Waals surface area contributed by atoms with Crippen LogP contribution >= 0.6 is 0 Å². The average Bonchev–Trinajstić information content (AvgIpc) is 2.55. The van der Waals surface area contributed by atoms with Gasteiger partial charge in [0, 0.05) is 11.1 Å². The standard InChI is InChI=1S/C19H18O3/c1-3-9-15-16(18(20)14-10-6-5-7-11-14)12-8-13-17(15)19(21)22-4-2/h3,5-8,10-13H,1,4,9H2,2H3. The quantitative estimate of drug-likeness (QED) is 0.462. The molecule has 0 radical (unpaired) electrons. The van der Waals surface area contributed by atoms with Gasteiger partial charge in [-0.15, -0.1) is 6.58 Å². The van der Waals surface area contributed by atoms with Crippen molar-refractivity contribution in [1.82, 2.24) is 0 Å². The maximum Gasteiger partial charge on any atom is 0.338 e. The number of benzene rings is 2. The Labute approximate surface area is 130 Å². The molecule has 0 N–H and O–H groups in total. The molecule has 0 fully saturated rings. The van der Waals surface area contributed by atoms with E-state index in [-0.39, 0.29) is 5.78 Å². The zero-order valence-electron chi connectivity index (χ0n) is 12.5. The molecule has 0 aromatic heterocycles. The molecule has 2 rings (SSSR count). The van der Waals surface area contributed by atoms with Crippen molar-refractivity contribution in [3.8, 4) is 0 Å². The van der Waals surface area contributed by atoms with Crippen molar-refractivity contribution < 1.29 is 14.3 Å². The molecule has 0 heterocycles. The van der Waals surface area contributed by atoms with Crippen molar-refractivity contribution in [3.05, 3.63) is 83.4 Å². The highest BCUT2D eigenvalue weighted by atomic mass is 16.5. The molecule has 0 aliphatic rings. The van der Waals surface area contributed by atoms with Crippen molar-refractivity contribution >= 4 is 11.8 Å². The summed E-state index contributed by atoms with van der Waals surface area (Å²) in [6, 6.07) is 14.1. The molecular weight excluding hydrogens is 276 g/mol. The minimum Gasteiger partial charge on any atom is -0.462 e. The first-order valence-corrected chi connectivity index (χ1v) is 7.18. The molecule has 3 nitrogen and oxygen atoms in total. The van der Waals surface area contributed by atoms with Crippen LogP contribution in [0, 0.1) is 0 Å². The highest BCUT2D eigenvalue weighted by molar-refractivity contribution is 6.11. The fourth-order valence-corrected chi connectivity index (χ4v) is 2.31. The van der Waals surface area contributed by atoms with E-state index in [9.17, 15) is 9.59 Å². The third-order valence-electron chi connectivity index (χ3n) is 3.30. The summed E-state index contributed by atoms with van der Waals surface area (Å²) in [4.78, 5) is 24.8. The minimum absolute atomic E-state index is 0.108. The Morgan fingerprint density at radius 1 is 1.05 bits per heavy atom. The lowest BCUT2D eigenvalue weighted by molar-refractivity contribution is 0.0525. The third-order valence-corrected chi connectivity index (χ3v) is 3.30. The van der Waals surface area contributed by atoms with Crippen LogP contribution in [0.2, 0.25) is 0 Å². The fourth-order valence-electron chi connectivity index (χ4n) is 2.31. The van der Waals surface area contributed by atoms with Crippen LogP contribution in [0.4, 0.5) is 0 Å². The average molecular weight is 294 g/mol. The van der Waals surface area contributed by atoms with Gasteiger partial charge in [0.1, 0.15) is 0 Å². The maximum absolute atomic E-state index is 12.7. The molecule has 0 atom stereocenters. The van der Waals surface area contributed by atoms with Crippen LogP contribution in [0.15, 0.2) is 61.2 Å². The number of hydrogen-bond donors (Lipinski definition) is 0. The predicted octanol–water partition coefficient (Wildman–Crippen LogP) is 3.82. The van der Waals surface area contributed by atoms with Crippen LogP contribution in [0.1, 0.15) is 38.8 Å². The van der Waals surface area contributed by atoms with E-state index >= 15 is 0 Å². The Hall–Kier alpha value is -2.68. The summed E-state index contributed by atoms with van der Waals surface area (Å²) in [7, 11) is 0. The Kier molecular flexibility index (Phi) is 5.26. The van der Waals surface area contributed by atoms with Crippen LogP contribution < -0.4 is 0 Å². The van der Waals surface area contributed by atoms with Gasteiger partial charge in [-0.05, 0) is 25.0 Å². The second-order valence-corrected chi connectivity index (χ2v) is 4.74. The van der Waals surface area contributed by atoms with Crippen LogP contribution in [0.25, 0.3) is 0 Å². The molecule has 22 heavy (non-hydrogen) atoms. The van der Waals surface area contributed by atoms with Gasteiger partial charge in [0.15, 0.2) is 5.78 Å². The Morgan fingerprint density at radius 3 is 2.36 bits per heavy atom. The first-order chi connectivity index (χ1) is 10.7. The molecule has 2 aromatic rings. The fraction of sp³-hybridized carbons (Fsp3) is 0.158. The SMILES string of the molecule is C=CCc1c(C(=O)OCC)cccc1C(=O)c1ccccc1. The molecular formula is C19H18O3. The number of allylic oxidation sites excluding steroid dienone is 1. The number of esters is 1. The zero-order chi connectivity index (χ0) is 15.9. The second-order valence-electron chi connectivity index (χ2n) is 4.74. The molecule has 3 heteroatoms. The Bertz CT molecular complexity index is 687. The summed E-state index contributed by atoms with van der Waals surface area (Å²) in [5.74, 6) is -0.523. The van der Waals surface area contributed by atoms with Gasteiger partial charge in [0.2, 0.25) is 0 Å². The summed E-state index contributed by atoms with van der Waals surface area (Å²) in [6.07, 6.45) is 2.11. The van der Waals surface area contributed by atoms with E-state index in [1.165, 1.54) is 0 Å². The lowest BCUT2D eigenvalue weighted by Gasteiger charge is -2.12. The van der Waals surface area contributed by atoms with E-state index in [0.29, 0.717) is 35.3 Å². The van der Waals surface area contributed by atoms with Crippen LogP contribution in [0.5, 0.6) is 0 Å². The molecule has 0 saturated heterocycles. The second kappa shape index (κ2) is 7.36. The first kappa shape index (κ1) is 15.7. The Balaban J connectivity index is 2.51. The van der Waals surface area contributed by atoms with Crippen molar-refractivity contribution in [1.29, 1.82) is 0 Å². The highest BCUT2D eigenvalue weighted by Crippen LogP contribution is 2.21. The minimum atomic E-state index is -0.415. The number of hydrogen-bond acceptors (Lipinski definition) is 3. The summed E-state index contributed by atoms with van der Waals surface area (Å²) in [6.45, 7) is 5.76. The number of carbonyl (C=O) groups excluding carboxylic acids is 2. The molecule has 2 aromatic carbocycles. The number of carbonyl (C=O) groups is 2. The van der Waals surface area contributed by atoms with E-state index in [1.807, 2.05) is 18.2 Å². The predicted molar refractivity (Wildman–Crippen MR) is 86.2 cm³/mol. The van der Waals surface area contributed by atoms with Crippen molar-refractivity contribution in [2.75, 3.05) is 6.61 Å². The smallest absolute Gasteiger partial charge is 0.338 e. The summed E-state index contributed by atoms with van der Waals surface area (Å²) in [5, 5.41) is 0. The largest absolute Gasteiger partial charge is 0.462 e. The van der Waals surface area contributed by atoms with Crippen LogP contribution in [-0.4, -0.2) is 18.4 Å². The van der Waals surface area contributed by atoms with Gasteiger partial charge >= 0.3 is 5.97 Å². The van der Waals surface area contributed by atoms with E-state index < -0.39 is 5.97 Å². The maximum atomic E-state index is 12.7. The summed E-state index contributed by atoms with van der Waals surface area (Å²) >= 11 is 0. The van der Waals surface area contributed by atoms with Gasteiger partial charge in [0.05, 0.1) is 12.2 Å². The van der Waals surface area contributed by atoms with Crippen LogP contribution in [-0.2, 0) is 11.2 Å². The summed E-state index contributed by atoms with van der Waals surface area (Å²) < 4.78 is 5.07. The normalized spacial score (nSPS) is 10.0. The summed E-state index contributed by atoms with van der Waals surface area (Å²) in [5.41, 5.74) is 2.18. The number of rotatable bonds is 6. The molecule has 0 amide bonds. The van der Waals surface area contributed by atoms with Crippen molar-refractivity contribution in [3.63, 3.8) is 0 Å². The lowest BCUT2D eigenvalue weighted by Crippen LogP contribution is -2.13. The van der Waals surface area contributed by atoms with Gasteiger partial charge in [0.25, 0.3) is 0 Å². The monoisotopic (exact) mass is 294 g/mol. The molecule has 0 aliphatic heterocycles. The Morgan fingerprint density at radius 2 is 1.73 bits per heavy atom. The van der Waals surface area contributed by atoms with E-state index in [0.717, 1.165) is 0 Å². The number of ether oxygens (including phenoxy) is 1. The van der Waals surface area contributed by atoms with Crippen LogP contribution in [0.3, 0.4) is 0 Å². The van der Waals surface area contributed by atoms with Crippen molar-refractivity contribution in [2.45, 2.75) is 13.3 Å². The highest BCUT2D eigenvalue weighted by Gasteiger charge is 2.19. The molecule has 0 bridgehead atoms. The van der Waals surface area contributed by atoms with Gasteiger partial charge in [-0.25, -0.2) is 4.79 Å². The zero-order valence-corrected chi connectivity index (χ0v) is 12.5. The molecule has 0 aliphatic carbocycles. The van der Waals surface area contributed by atoms with E-state index in [4.69, 9.17) is 4.74 Å². The molecule has 0 unspecified atom stereocenters. The van der Waals surface area contributed by atoms with E-state index in [1.54, 1.807) is 43.3 Å². The third kappa shape index (κ3) is 3.31. The first-order valence-electron chi connectivity index (χ1n) is 7.18. The lowest BCUT2D eigenvalue weighted by atomic mass is 9.92. The van der Waals surface area contributed by atoms with Gasteiger partial charge < -0.3 is 4.74 Å². The van der Waals surface area contributed by atoms with Gasteiger partial charge in [-0.1, -0.05) is 48.5 Å². The van der Waals surface area contributed by atoms with E-state index in [2.05, 4.69) is 6.58 Å². The molecule has 0 spiro atoms. The number of ketones is 1. The molecule has 112 valence electrons. The molecule has 0 saturated carbocycles. The topological polar surface area (TPSA) is 43.4 Å². The van der Waals surface area contributed by atoms with Gasteiger partial charge in [-0.3, -0.25) is 4.79 Å². The van der Waals surface area contributed by atoms with Crippen molar-refractivity contribution in [2.24, 2.45) is 0 Å². The van der Waals surface area contributed by atoms with Gasteiger partial charge in [-0.2, -0.15) is 0 Å².